The third-order valence-corrected chi connectivity index (χ3v) is 9.03. The summed E-state index contributed by atoms with van der Waals surface area (Å²) in [6.07, 6.45) is 12.4. The highest BCUT2D eigenvalue weighted by atomic mass is 16.5. The summed E-state index contributed by atoms with van der Waals surface area (Å²) in [4.78, 5) is 0. The number of hydrogen-bond acceptors (Lipinski definition) is 6. The largest absolute Gasteiger partial charge is 0.494 e. The highest BCUT2D eigenvalue weighted by molar-refractivity contribution is 6.04. The van der Waals surface area contributed by atoms with Gasteiger partial charge in [-0.05, 0) is 103 Å². The van der Waals surface area contributed by atoms with Crippen LogP contribution in [0.15, 0.2) is 89.4 Å². The van der Waals surface area contributed by atoms with Gasteiger partial charge in [-0.2, -0.15) is 0 Å². The molecule has 7 nitrogen and oxygen atoms in total. The van der Waals surface area contributed by atoms with E-state index in [-0.39, 0.29) is 17.2 Å². The van der Waals surface area contributed by atoms with Gasteiger partial charge in [0.25, 0.3) is 0 Å². The van der Waals surface area contributed by atoms with Crippen LogP contribution < -0.4 is 10.1 Å². The number of nitrogens with zero attached hydrogens (tertiary/aromatic N) is 2. The first kappa shape index (κ1) is 30.5. The van der Waals surface area contributed by atoms with Crippen molar-refractivity contribution in [1.82, 2.24) is 10.2 Å². The standard InChI is InChI=1S/C38H42N4O3/c1-38(2,3)32-18-16-26(17-19-32)36-41-42-37(45-36)31-12-7-10-29(23-31)34(39)44-35(40)30-11-8-13-33(24-30)43-20-6-4-5-9-27-21-25-14-15-28(27)22-25/h7-8,10-19,23-25,27-28,39-40H,4-6,9,20-22H2,1-3H3/p+1. The Morgan fingerprint density at radius 2 is 1.62 bits per heavy atom. The van der Waals surface area contributed by atoms with Crippen molar-refractivity contribution in [2.24, 2.45) is 17.8 Å². The van der Waals surface area contributed by atoms with Gasteiger partial charge in [-0.25, -0.2) is 5.41 Å². The average Bonchev–Trinajstić information content (AvgIpc) is 3.81. The van der Waals surface area contributed by atoms with Crippen molar-refractivity contribution in [1.29, 1.82) is 5.41 Å². The summed E-state index contributed by atoms with van der Waals surface area (Å²) in [5.41, 5.74) is 4.04. The van der Waals surface area contributed by atoms with E-state index in [2.05, 4.69) is 55.3 Å². The van der Waals surface area contributed by atoms with Gasteiger partial charge < -0.3 is 13.9 Å². The van der Waals surface area contributed by atoms with Crippen molar-refractivity contribution in [3.05, 3.63) is 102 Å². The highest BCUT2D eigenvalue weighted by Gasteiger charge is 2.34. The summed E-state index contributed by atoms with van der Waals surface area (Å²) in [6.45, 7) is 7.21. The molecule has 7 heteroatoms. The molecule has 0 amide bonds. The Kier molecular flexibility index (Phi) is 8.97. The molecule has 3 unspecified atom stereocenters. The number of ether oxygens (including phenoxy) is 2. The van der Waals surface area contributed by atoms with Crippen LogP contribution in [0, 0.1) is 23.2 Å². The molecule has 3 N–H and O–H groups in total. The number of nitrogens with two attached hydrogens (primary N) is 1. The van der Waals surface area contributed by atoms with Gasteiger partial charge in [0.05, 0.1) is 12.2 Å². The van der Waals surface area contributed by atoms with E-state index in [0.717, 1.165) is 35.5 Å². The zero-order valence-electron chi connectivity index (χ0n) is 26.5. The van der Waals surface area contributed by atoms with E-state index in [1.54, 1.807) is 12.1 Å². The van der Waals surface area contributed by atoms with Crippen LogP contribution in [-0.2, 0) is 10.2 Å². The number of benzene rings is 3. The van der Waals surface area contributed by atoms with E-state index in [0.29, 0.717) is 35.1 Å². The van der Waals surface area contributed by atoms with Gasteiger partial charge in [-0.1, -0.05) is 70.0 Å². The number of rotatable bonds is 11. The lowest BCUT2D eigenvalue weighted by atomic mass is 9.87. The smallest absolute Gasteiger partial charge is 0.373 e. The van der Waals surface area contributed by atoms with Crippen molar-refractivity contribution < 1.29 is 19.3 Å². The van der Waals surface area contributed by atoms with E-state index >= 15 is 0 Å². The molecule has 0 saturated heterocycles. The Balaban J connectivity index is 0.998. The summed E-state index contributed by atoms with van der Waals surface area (Å²) in [5, 5.41) is 23.4. The predicted octanol–water partition coefficient (Wildman–Crippen LogP) is 7.40. The molecule has 0 radical (unpaired) electrons. The maximum absolute atomic E-state index is 8.57. The number of fused-ring (bicyclic) bond motifs is 2. The van der Waals surface area contributed by atoms with Crippen LogP contribution in [0.25, 0.3) is 22.9 Å². The van der Waals surface area contributed by atoms with Gasteiger partial charge in [-0.3, -0.25) is 5.41 Å². The van der Waals surface area contributed by atoms with E-state index in [4.69, 9.17) is 24.7 Å². The van der Waals surface area contributed by atoms with E-state index in [1.807, 2.05) is 48.5 Å². The zero-order chi connectivity index (χ0) is 31.4. The summed E-state index contributed by atoms with van der Waals surface area (Å²) in [5.74, 6) is 4.19. The molecule has 1 saturated carbocycles. The van der Waals surface area contributed by atoms with Crippen LogP contribution in [0.1, 0.15) is 76.0 Å². The maximum Gasteiger partial charge on any atom is 0.373 e. The molecule has 2 aliphatic carbocycles. The van der Waals surface area contributed by atoms with Crippen molar-refractivity contribution in [3.8, 4) is 28.7 Å². The molecule has 1 fully saturated rings. The molecule has 45 heavy (non-hydrogen) atoms. The second-order valence-electron chi connectivity index (χ2n) is 13.4. The molecule has 3 aromatic carbocycles. The van der Waals surface area contributed by atoms with E-state index in [1.165, 1.54) is 37.7 Å². The second kappa shape index (κ2) is 13.2. The van der Waals surface area contributed by atoms with Crippen LogP contribution in [-0.4, -0.2) is 28.6 Å². The fourth-order valence-corrected chi connectivity index (χ4v) is 6.43. The molecule has 0 aliphatic heterocycles. The third kappa shape index (κ3) is 7.42. The number of nitrogens with one attached hydrogen (secondary N) is 1. The molecular formula is C38H43N4O3+. The lowest BCUT2D eigenvalue weighted by molar-refractivity contribution is -0.130. The quantitative estimate of drug-likeness (QED) is 0.0804. The van der Waals surface area contributed by atoms with Crippen LogP contribution in [0.4, 0.5) is 0 Å². The number of aromatic nitrogens is 2. The average molecular weight is 604 g/mol. The molecule has 3 atom stereocenters. The fourth-order valence-electron chi connectivity index (χ4n) is 6.43. The lowest BCUT2D eigenvalue weighted by Crippen LogP contribution is -2.43. The van der Waals surface area contributed by atoms with Gasteiger partial charge in [0.1, 0.15) is 5.75 Å². The minimum Gasteiger partial charge on any atom is -0.494 e. The van der Waals surface area contributed by atoms with Crippen molar-refractivity contribution in [2.75, 3.05) is 6.61 Å². The van der Waals surface area contributed by atoms with Gasteiger partial charge in [0, 0.05) is 16.7 Å². The summed E-state index contributed by atoms with van der Waals surface area (Å²) < 4.78 is 17.8. The Hall–Kier alpha value is -4.52. The molecule has 1 heterocycles. The van der Waals surface area contributed by atoms with Crippen LogP contribution in [0.2, 0.25) is 0 Å². The summed E-state index contributed by atoms with van der Waals surface area (Å²) in [6, 6.07) is 22.9. The van der Waals surface area contributed by atoms with Crippen LogP contribution in [0.5, 0.6) is 5.75 Å². The van der Waals surface area contributed by atoms with Gasteiger partial charge in [0.2, 0.25) is 17.7 Å². The van der Waals surface area contributed by atoms with E-state index < -0.39 is 0 Å². The van der Waals surface area contributed by atoms with Crippen molar-refractivity contribution in [3.63, 3.8) is 0 Å². The van der Waals surface area contributed by atoms with E-state index in [9.17, 15) is 0 Å². The predicted molar refractivity (Wildman–Crippen MR) is 177 cm³/mol. The van der Waals surface area contributed by atoms with Crippen LogP contribution in [0.3, 0.4) is 0 Å². The Morgan fingerprint density at radius 3 is 2.36 bits per heavy atom. The third-order valence-electron chi connectivity index (χ3n) is 9.03. The lowest BCUT2D eigenvalue weighted by Gasteiger charge is -2.18. The molecule has 232 valence electrons. The van der Waals surface area contributed by atoms with Crippen LogP contribution >= 0.6 is 0 Å². The monoisotopic (exact) mass is 603 g/mol. The zero-order valence-corrected chi connectivity index (χ0v) is 26.5. The van der Waals surface area contributed by atoms with Gasteiger partial charge >= 0.3 is 5.90 Å². The van der Waals surface area contributed by atoms with Gasteiger partial charge in [-0.15, -0.1) is 10.2 Å². The molecular weight excluding hydrogens is 560 g/mol. The highest BCUT2D eigenvalue weighted by Crippen LogP contribution is 2.45. The maximum atomic E-state index is 8.57. The second-order valence-corrected chi connectivity index (χ2v) is 13.4. The molecule has 2 bridgehead atoms. The minimum atomic E-state index is -0.0795. The molecule has 2 aliphatic rings. The normalized spacial score (nSPS) is 18.7. The van der Waals surface area contributed by atoms with Crippen molar-refractivity contribution in [2.45, 2.75) is 64.7 Å². The molecule has 1 aromatic heterocycles. The van der Waals surface area contributed by atoms with Gasteiger partial charge in [0.15, 0.2) is 0 Å². The fraction of sp³-hybridized carbons (Fsp3) is 0.368. The Morgan fingerprint density at radius 1 is 0.867 bits per heavy atom. The molecule has 6 rings (SSSR count). The topological polar surface area (TPSA) is 107 Å². The Bertz CT molecular complexity index is 1680. The number of allylic oxidation sites excluding steroid dienone is 2. The molecule has 4 aromatic rings. The first-order valence-corrected chi connectivity index (χ1v) is 16.1. The minimum absolute atomic E-state index is 0.0643. The summed E-state index contributed by atoms with van der Waals surface area (Å²) >= 11 is 0. The number of hydrogen-bond donors (Lipinski definition) is 2. The summed E-state index contributed by atoms with van der Waals surface area (Å²) in [7, 11) is 0. The SMILES string of the molecule is CC(C)(C)c1ccc(-c2nnc(-c3cccc(C(=N)OC(=[NH2+])c4cccc(OCCCCCC5CC6C=CC5C6)c4)c3)o2)cc1. The first-order valence-electron chi connectivity index (χ1n) is 16.1. The number of unbranched alkanes of at least 4 members (excludes halogenated alkanes) is 2. The van der Waals surface area contributed by atoms with Crippen molar-refractivity contribution >= 4 is 11.8 Å². The molecule has 0 spiro atoms. The first-order chi connectivity index (χ1) is 21.7. The Labute approximate surface area is 265 Å².